The lowest BCUT2D eigenvalue weighted by Gasteiger charge is -2.18. The van der Waals surface area contributed by atoms with E-state index in [1.165, 1.54) is 0 Å². The predicted molar refractivity (Wildman–Crippen MR) is 71.1 cm³/mol. The molecule has 0 aliphatic carbocycles. The molecule has 2 rings (SSSR count). The fraction of sp³-hybridized carbons (Fsp3) is 0.538. The Morgan fingerprint density at radius 3 is 2.78 bits per heavy atom. The topological polar surface area (TPSA) is 30.9 Å². The van der Waals surface area contributed by atoms with E-state index in [2.05, 4.69) is 4.90 Å². The second-order valence-corrected chi connectivity index (χ2v) is 4.87. The third-order valence-corrected chi connectivity index (χ3v) is 2.80. The fourth-order valence-corrected chi connectivity index (χ4v) is 2.04. The molecule has 0 radical (unpaired) electrons. The highest BCUT2D eigenvalue weighted by atomic mass is 16.8. The van der Waals surface area contributed by atoms with Crippen LogP contribution in [0.1, 0.15) is 18.6 Å². The van der Waals surface area contributed by atoms with E-state index in [1.54, 1.807) is 0 Å². The van der Waals surface area contributed by atoms with Crippen molar-refractivity contribution < 1.29 is 14.0 Å². The Kier molecular flexibility index (Phi) is 4.77. The van der Waals surface area contributed by atoms with Crippen molar-refractivity contribution in [2.45, 2.75) is 19.1 Å². The van der Waals surface area contributed by atoms with Crippen LogP contribution in [-0.4, -0.2) is 45.6 Å². The van der Waals surface area contributed by atoms with Gasteiger partial charge in [-0.05, 0) is 26.6 Å². The van der Waals surface area contributed by atoms with Crippen molar-refractivity contribution in [2.24, 2.45) is 0 Å². The maximum absolute atomic E-state index is 5.74. The normalized spacial score (nSPS) is 21.6. The van der Waals surface area contributed by atoms with Gasteiger partial charge in [-0.15, -0.1) is 0 Å². The molecule has 1 fully saturated rings. The minimum absolute atomic E-state index is 0.0252. The maximum Gasteiger partial charge on any atom is 0.640 e. The van der Waals surface area contributed by atoms with Crippen LogP contribution in [0.3, 0.4) is 0 Å². The summed E-state index contributed by atoms with van der Waals surface area (Å²) >= 11 is 0. The van der Waals surface area contributed by atoms with Crippen LogP contribution >= 0.6 is 0 Å². The van der Waals surface area contributed by atoms with E-state index >= 15 is 0 Å². The quantitative estimate of drug-likeness (QED) is 0.743. The number of hydrogen-bond donors (Lipinski definition) is 0. The van der Waals surface area contributed by atoms with E-state index in [1.807, 2.05) is 51.4 Å². The van der Waals surface area contributed by atoms with Crippen LogP contribution in [0.4, 0.5) is 0 Å². The average Bonchev–Trinajstić information content (AvgIpc) is 2.77. The van der Waals surface area contributed by atoms with Gasteiger partial charge in [0.15, 0.2) is 0 Å². The van der Waals surface area contributed by atoms with Crippen molar-refractivity contribution in [2.75, 3.05) is 27.2 Å². The molecule has 0 amide bonds. The van der Waals surface area contributed by atoms with E-state index in [9.17, 15) is 0 Å². The minimum atomic E-state index is -0.551. The largest absolute Gasteiger partial charge is 0.640 e. The summed E-state index contributed by atoms with van der Waals surface area (Å²) in [5, 5.41) is 0. The third kappa shape index (κ3) is 3.81. The van der Waals surface area contributed by atoms with Crippen LogP contribution in [0.2, 0.25) is 0 Å². The first-order valence-corrected chi connectivity index (χ1v) is 6.27. The van der Waals surface area contributed by atoms with E-state index in [-0.39, 0.29) is 12.2 Å². The lowest BCUT2D eigenvalue weighted by molar-refractivity contribution is 0.0978. The molecule has 18 heavy (non-hydrogen) atoms. The van der Waals surface area contributed by atoms with Crippen molar-refractivity contribution in [1.82, 2.24) is 4.90 Å². The summed E-state index contributed by atoms with van der Waals surface area (Å²) in [7, 11) is 3.48. The Morgan fingerprint density at radius 2 is 2.11 bits per heavy atom. The Morgan fingerprint density at radius 1 is 1.39 bits per heavy atom. The maximum atomic E-state index is 5.74. The monoisotopic (exact) mass is 249 g/mol. The molecule has 0 saturated carbocycles. The summed E-state index contributed by atoms with van der Waals surface area (Å²) in [6.45, 7) is 3.41. The number of likely N-dealkylation sites (N-methyl/N-ethyl adjacent to an activating group) is 1. The molecule has 1 saturated heterocycles. The van der Waals surface area contributed by atoms with Crippen molar-refractivity contribution in [1.29, 1.82) is 0 Å². The molecule has 1 aromatic carbocycles. The van der Waals surface area contributed by atoms with Gasteiger partial charge in [0.05, 0.1) is 18.8 Å². The smallest absolute Gasteiger partial charge is 0.383 e. The molecule has 0 spiro atoms. The number of rotatable bonds is 5. The highest BCUT2D eigenvalue weighted by molar-refractivity contribution is 6.37. The van der Waals surface area contributed by atoms with Gasteiger partial charge in [-0.1, -0.05) is 30.3 Å². The van der Waals surface area contributed by atoms with Gasteiger partial charge >= 0.3 is 7.32 Å². The van der Waals surface area contributed by atoms with Gasteiger partial charge < -0.3 is 18.9 Å². The Balaban J connectivity index is 1.82. The van der Waals surface area contributed by atoms with E-state index < -0.39 is 7.32 Å². The minimum Gasteiger partial charge on any atom is -0.383 e. The average molecular weight is 249 g/mol. The molecule has 4 nitrogen and oxygen atoms in total. The Bertz CT molecular complexity index is 361. The van der Waals surface area contributed by atoms with E-state index in [4.69, 9.17) is 14.0 Å². The van der Waals surface area contributed by atoms with Crippen molar-refractivity contribution in [3.63, 3.8) is 0 Å². The second kappa shape index (κ2) is 6.34. The molecule has 1 aliphatic heterocycles. The van der Waals surface area contributed by atoms with Gasteiger partial charge in [0, 0.05) is 6.54 Å². The Hall–Kier alpha value is -0.875. The summed E-state index contributed by atoms with van der Waals surface area (Å²) < 4.78 is 16.9. The molecule has 98 valence electrons. The third-order valence-electron chi connectivity index (χ3n) is 2.80. The summed E-state index contributed by atoms with van der Waals surface area (Å²) in [4.78, 5) is 2.08. The molecule has 1 aromatic rings. The Labute approximate surface area is 109 Å². The zero-order valence-electron chi connectivity index (χ0n) is 11.2. The van der Waals surface area contributed by atoms with Crippen molar-refractivity contribution in [3.8, 4) is 0 Å². The van der Waals surface area contributed by atoms with Gasteiger partial charge in [0.1, 0.15) is 0 Å². The van der Waals surface area contributed by atoms with Gasteiger partial charge in [-0.25, -0.2) is 0 Å². The first kappa shape index (κ1) is 13.6. The van der Waals surface area contributed by atoms with E-state index in [0.29, 0.717) is 6.61 Å². The number of hydrogen-bond acceptors (Lipinski definition) is 4. The summed E-state index contributed by atoms with van der Waals surface area (Å²) in [6.07, 6.45) is 0.0577. The molecule has 1 unspecified atom stereocenters. The van der Waals surface area contributed by atoms with Gasteiger partial charge in [-0.3, -0.25) is 0 Å². The lowest BCUT2D eigenvalue weighted by atomic mass is 10.1. The van der Waals surface area contributed by atoms with Gasteiger partial charge in [0.25, 0.3) is 0 Å². The molecule has 0 bridgehead atoms. The highest BCUT2D eigenvalue weighted by Gasteiger charge is 2.36. The number of benzene rings is 1. The molecule has 1 aliphatic rings. The van der Waals surface area contributed by atoms with Crippen molar-refractivity contribution in [3.05, 3.63) is 35.9 Å². The standard InChI is InChI=1S/C13H20BNO3/c1-11(9-15(2)3)17-14-16-10-13(18-14)12-7-5-4-6-8-12/h4-8,11,13H,9-10H2,1-3H3/t11?,13-/m1/s1. The first-order valence-electron chi connectivity index (χ1n) is 6.27. The van der Waals surface area contributed by atoms with Crippen molar-refractivity contribution >= 4 is 7.32 Å². The van der Waals surface area contributed by atoms with Gasteiger partial charge in [0.2, 0.25) is 0 Å². The molecular weight excluding hydrogens is 229 g/mol. The molecular formula is C13H20BNO3. The molecule has 1 heterocycles. The summed E-state index contributed by atoms with van der Waals surface area (Å²) in [5.41, 5.74) is 1.13. The summed E-state index contributed by atoms with van der Waals surface area (Å²) in [6, 6.07) is 10.1. The van der Waals surface area contributed by atoms with E-state index in [0.717, 1.165) is 12.1 Å². The first-order chi connectivity index (χ1) is 8.65. The number of nitrogens with zero attached hydrogens (tertiary/aromatic N) is 1. The van der Waals surface area contributed by atoms with Crippen LogP contribution in [0.25, 0.3) is 0 Å². The van der Waals surface area contributed by atoms with Crippen LogP contribution in [0.15, 0.2) is 30.3 Å². The molecule has 5 heteroatoms. The zero-order valence-corrected chi connectivity index (χ0v) is 11.2. The van der Waals surface area contributed by atoms with Gasteiger partial charge in [-0.2, -0.15) is 0 Å². The SMILES string of the molecule is CC(CN(C)C)OB1OC[C@H](c2ccccc2)O1. The molecule has 2 atom stereocenters. The predicted octanol–water partition coefficient (Wildman–Crippen LogP) is 1.73. The van der Waals surface area contributed by atoms with Crippen LogP contribution in [0, 0.1) is 0 Å². The lowest BCUT2D eigenvalue weighted by Crippen LogP contribution is -2.32. The molecule has 0 aromatic heterocycles. The van der Waals surface area contributed by atoms with Crippen LogP contribution < -0.4 is 0 Å². The fourth-order valence-electron chi connectivity index (χ4n) is 2.04. The highest BCUT2D eigenvalue weighted by Crippen LogP contribution is 2.25. The van der Waals surface area contributed by atoms with Crippen LogP contribution in [0.5, 0.6) is 0 Å². The zero-order chi connectivity index (χ0) is 13.0. The molecule has 0 N–H and O–H groups in total. The van der Waals surface area contributed by atoms with Crippen LogP contribution in [-0.2, 0) is 14.0 Å². The second-order valence-electron chi connectivity index (χ2n) is 4.87. The summed E-state index contributed by atoms with van der Waals surface area (Å²) in [5.74, 6) is 0.